The van der Waals surface area contributed by atoms with Crippen LogP contribution in [0.15, 0.2) is 42.5 Å². The third kappa shape index (κ3) is 4.88. The van der Waals surface area contributed by atoms with Crippen LogP contribution in [-0.4, -0.2) is 18.5 Å². The highest BCUT2D eigenvalue weighted by Gasteiger charge is 2.16. The van der Waals surface area contributed by atoms with Crippen molar-refractivity contribution in [3.05, 3.63) is 59.2 Å². The Morgan fingerprint density at radius 1 is 0.963 bits per heavy atom. The fraction of sp³-hybridized carbons (Fsp3) is 0.364. The van der Waals surface area contributed by atoms with Crippen LogP contribution in [0.1, 0.15) is 55.1 Å². The molecule has 1 amide bonds. The Morgan fingerprint density at radius 3 is 2.37 bits per heavy atom. The first-order valence-electron chi connectivity index (χ1n) is 9.12. The second kappa shape index (κ2) is 7.82. The van der Waals surface area contributed by atoms with Crippen molar-refractivity contribution in [2.24, 2.45) is 0 Å². The van der Waals surface area contributed by atoms with Crippen molar-refractivity contribution in [3.8, 4) is 11.5 Å². The fourth-order valence-electron chi connectivity index (χ4n) is 2.87. The predicted molar refractivity (Wildman–Crippen MR) is 103 cm³/mol. The number of hydrogen-bond donors (Lipinski definition) is 1. The maximum Gasteiger partial charge on any atom is 0.231 e. The zero-order chi connectivity index (χ0) is 19.4. The summed E-state index contributed by atoms with van der Waals surface area (Å²) >= 11 is 0. The molecule has 5 nitrogen and oxygen atoms in total. The first kappa shape index (κ1) is 19.0. The molecular weight excluding hydrogens is 342 g/mol. The van der Waals surface area contributed by atoms with Crippen molar-refractivity contribution in [1.29, 1.82) is 0 Å². The standard InChI is InChI=1S/C22H25NO4/c1-22(2,3)17-7-5-16(6-8-17)18(24)9-11-21(25)23-13-15-4-10-19-20(12-15)27-14-26-19/h4-8,10,12H,9,11,13-14H2,1-3H3,(H,23,25). The molecule has 0 saturated heterocycles. The molecule has 0 bridgehead atoms. The van der Waals surface area contributed by atoms with E-state index in [1.165, 1.54) is 5.56 Å². The van der Waals surface area contributed by atoms with E-state index in [4.69, 9.17) is 9.47 Å². The minimum absolute atomic E-state index is 0.0197. The Bertz CT molecular complexity index is 834. The number of fused-ring (bicyclic) bond motifs is 1. The lowest BCUT2D eigenvalue weighted by molar-refractivity contribution is -0.121. The van der Waals surface area contributed by atoms with Crippen LogP contribution in [0.4, 0.5) is 0 Å². The second-order valence-corrected chi connectivity index (χ2v) is 7.71. The van der Waals surface area contributed by atoms with Crippen LogP contribution in [0.2, 0.25) is 0 Å². The topological polar surface area (TPSA) is 64.6 Å². The first-order valence-corrected chi connectivity index (χ1v) is 9.12. The molecule has 1 aliphatic rings. The van der Waals surface area contributed by atoms with E-state index in [0.717, 1.165) is 5.56 Å². The minimum atomic E-state index is -0.146. The van der Waals surface area contributed by atoms with Crippen molar-refractivity contribution >= 4 is 11.7 Å². The molecule has 0 fully saturated rings. The van der Waals surface area contributed by atoms with Gasteiger partial charge in [0.1, 0.15) is 0 Å². The molecule has 5 heteroatoms. The molecule has 1 N–H and O–H groups in total. The monoisotopic (exact) mass is 367 g/mol. The van der Waals surface area contributed by atoms with Gasteiger partial charge in [-0.2, -0.15) is 0 Å². The number of nitrogens with one attached hydrogen (secondary N) is 1. The molecule has 142 valence electrons. The largest absolute Gasteiger partial charge is 0.454 e. The first-order chi connectivity index (χ1) is 12.8. The smallest absolute Gasteiger partial charge is 0.231 e. The van der Waals surface area contributed by atoms with Gasteiger partial charge in [0.05, 0.1) is 0 Å². The van der Waals surface area contributed by atoms with Gasteiger partial charge in [0.15, 0.2) is 17.3 Å². The number of Topliss-reactive ketones (excluding diaryl/α,β-unsaturated/α-hetero) is 1. The van der Waals surface area contributed by atoms with E-state index in [0.29, 0.717) is 23.6 Å². The summed E-state index contributed by atoms with van der Waals surface area (Å²) in [5.41, 5.74) is 2.81. The lowest BCUT2D eigenvalue weighted by Crippen LogP contribution is -2.23. The maximum atomic E-state index is 12.3. The molecular formula is C22H25NO4. The number of carbonyl (C=O) groups is 2. The zero-order valence-corrected chi connectivity index (χ0v) is 16.0. The molecule has 2 aromatic carbocycles. The van der Waals surface area contributed by atoms with Crippen molar-refractivity contribution in [1.82, 2.24) is 5.32 Å². The maximum absolute atomic E-state index is 12.3. The second-order valence-electron chi connectivity index (χ2n) is 7.71. The third-order valence-corrected chi connectivity index (χ3v) is 4.58. The summed E-state index contributed by atoms with van der Waals surface area (Å²) in [6.45, 7) is 7.02. The molecule has 0 atom stereocenters. The molecule has 3 rings (SSSR count). The van der Waals surface area contributed by atoms with Crippen molar-refractivity contribution in [2.75, 3.05) is 6.79 Å². The Labute approximate surface area is 159 Å². The number of benzene rings is 2. The van der Waals surface area contributed by atoms with Gasteiger partial charge >= 0.3 is 0 Å². The Kier molecular flexibility index (Phi) is 5.49. The summed E-state index contributed by atoms with van der Waals surface area (Å²) < 4.78 is 10.6. The lowest BCUT2D eigenvalue weighted by Gasteiger charge is -2.18. The highest BCUT2D eigenvalue weighted by atomic mass is 16.7. The number of ether oxygens (including phenoxy) is 2. The van der Waals surface area contributed by atoms with Crippen molar-refractivity contribution in [3.63, 3.8) is 0 Å². The molecule has 0 spiro atoms. The predicted octanol–water partition coefficient (Wildman–Crippen LogP) is 3.99. The van der Waals surface area contributed by atoms with E-state index in [1.807, 2.05) is 42.5 Å². The van der Waals surface area contributed by atoms with Crippen molar-refractivity contribution < 1.29 is 19.1 Å². The van der Waals surface area contributed by atoms with Crippen LogP contribution >= 0.6 is 0 Å². The minimum Gasteiger partial charge on any atom is -0.454 e. The lowest BCUT2D eigenvalue weighted by atomic mass is 9.86. The van der Waals surface area contributed by atoms with Gasteiger partial charge in [-0.25, -0.2) is 0 Å². The van der Waals surface area contributed by atoms with Gasteiger partial charge in [-0.15, -0.1) is 0 Å². The molecule has 2 aromatic rings. The molecule has 1 heterocycles. The number of amides is 1. The van der Waals surface area contributed by atoms with Gasteiger partial charge in [0.2, 0.25) is 12.7 Å². The zero-order valence-electron chi connectivity index (χ0n) is 16.0. The SMILES string of the molecule is CC(C)(C)c1ccc(C(=O)CCC(=O)NCc2ccc3c(c2)OCO3)cc1. The Hall–Kier alpha value is -2.82. The average Bonchev–Trinajstić information content (AvgIpc) is 3.11. The fourth-order valence-corrected chi connectivity index (χ4v) is 2.87. The highest BCUT2D eigenvalue weighted by Crippen LogP contribution is 2.32. The summed E-state index contributed by atoms with van der Waals surface area (Å²) in [7, 11) is 0. The Balaban J connectivity index is 1.46. The van der Waals surface area contributed by atoms with Crippen LogP contribution in [0, 0.1) is 0 Å². The van der Waals surface area contributed by atoms with Gasteiger partial charge in [-0.05, 0) is 28.7 Å². The van der Waals surface area contributed by atoms with Gasteiger partial charge in [-0.3, -0.25) is 9.59 Å². The average molecular weight is 367 g/mol. The van der Waals surface area contributed by atoms with Gasteiger partial charge < -0.3 is 14.8 Å². The number of carbonyl (C=O) groups excluding carboxylic acids is 2. The van der Waals surface area contributed by atoms with Crippen LogP contribution in [0.5, 0.6) is 11.5 Å². The summed E-state index contributed by atoms with van der Waals surface area (Å²) in [4.78, 5) is 24.4. The molecule has 0 radical (unpaired) electrons. The van der Waals surface area contributed by atoms with Crippen LogP contribution in [0.25, 0.3) is 0 Å². The van der Waals surface area contributed by atoms with E-state index < -0.39 is 0 Å². The van der Waals surface area contributed by atoms with Crippen LogP contribution in [0.3, 0.4) is 0 Å². The number of rotatable bonds is 6. The van der Waals surface area contributed by atoms with Gasteiger partial charge in [0, 0.05) is 24.9 Å². The van der Waals surface area contributed by atoms with E-state index in [1.54, 1.807) is 0 Å². The van der Waals surface area contributed by atoms with Crippen LogP contribution < -0.4 is 14.8 Å². The molecule has 0 unspecified atom stereocenters. The van der Waals surface area contributed by atoms with E-state index >= 15 is 0 Å². The third-order valence-electron chi connectivity index (χ3n) is 4.58. The van der Waals surface area contributed by atoms with Crippen molar-refractivity contribution in [2.45, 2.75) is 45.6 Å². The molecule has 0 aliphatic carbocycles. The van der Waals surface area contributed by atoms with E-state index in [9.17, 15) is 9.59 Å². The van der Waals surface area contributed by atoms with E-state index in [-0.39, 0.29) is 36.7 Å². The molecule has 0 aromatic heterocycles. The Morgan fingerprint density at radius 2 is 1.67 bits per heavy atom. The van der Waals surface area contributed by atoms with Gasteiger partial charge in [-0.1, -0.05) is 51.1 Å². The summed E-state index contributed by atoms with van der Waals surface area (Å²) in [5.74, 6) is 1.24. The normalized spacial score (nSPS) is 12.7. The molecule has 27 heavy (non-hydrogen) atoms. The quantitative estimate of drug-likeness (QED) is 0.784. The number of ketones is 1. The molecule has 0 saturated carbocycles. The molecule has 1 aliphatic heterocycles. The van der Waals surface area contributed by atoms with E-state index in [2.05, 4.69) is 26.1 Å². The van der Waals surface area contributed by atoms with Gasteiger partial charge in [0.25, 0.3) is 0 Å². The summed E-state index contributed by atoms with van der Waals surface area (Å²) in [5, 5.41) is 2.84. The summed E-state index contributed by atoms with van der Waals surface area (Å²) in [6.07, 6.45) is 0.367. The van der Waals surface area contributed by atoms with Crippen LogP contribution in [-0.2, 0) is 16.8 Å². The number of hydrogen-bond acceptors (Lipinski definition) is 4. The summed E-state index contributed by atoms with van der Waals surface area (Å²) in [6, 6.07) is 13.2. The highest BCUT2D eigenvalue weighted by molar-refractivity contribution is 5.98.